The number of carbonyl (C=O) groups is 3. The van der Waals surface area contributed by atoms with Gasteiger partial charge in [-0.15, -0.1) is 0 Å². The van der Waals surface area contributed by atoms with Crippen molar-refractivity contribution in [1.82, 2.24) is 5.32 Å². The Kier molecular flexibility index (Phi) is 7.57. The summed E-state index contributed by atoms with van der Waals surface area (Å²) in [6.45, 7) is 2.24. The predicted octanol–water partition coefficient (Wildman–Crippen LogP) is 3.14. The minimum atomic E-state index is -4.98. The number of rotatable bonds is 8. The summed E-state index contributed by atoms with van der Waals surface area (Å²) in [6, 6.07) is 3.46. The van der Waals surface area contributed by atoms with E-state index in [2.05, 4.69) is 5.32 Å². The number of anilines is 1. The molecule has 172 valence electrons. The molecule has 1 aromatic heterocycles. The number of furan rings is 1. The maximum absolute atomic E-state index is 13.2. The highest BCUT2D eigenvalue weighted by molar-refractivity contribution is 5.96. The Hall–Kier alpha value is -3.90. The number of carbonyl (C=O) groups excluding carboxylic acids is 3. The Morgan fingerprint density at radius 1 is 1.22 bits per heavy atom. The number of alkyl halides is 3. The van der Waals surface area contributed by atoms with Gasteiger partial charge in [-0.2, -0.15) is 13.2 Å². The second kappa shape index (κ2) is 9.94. The highest BCUT2D eigenvalue weighted by Gasteiger charge is 2.36. The fraction of sp³-hybridized carbons (Fsp3) is 0.316. The van der Waals surface area contributed by atoms with Crippen LogP contribution in [0.4, 0.5) is 24.5 Å². The Balaban J connectivity index is 2.04. The molecule has 0 aliphatic heterocycles. The van der Waals surface area contributed by atoms with Gasteiger partial charge in [0.25, 0.3) is 17.5 Å². The minimum Gasteiger partial charge on any atom is -0.459 e. The number of halogens is 3. The van der Waals surface area contributed by atoms with E-state index < -0.39 is 64.4 Å². The van der Waals surface area contributed by atoms with Gasteiger partial charge in [0.1, 0.15) is 6.04 Å². The first-order chi connectivity index (χ1) is 14.9. The van der Waals surface area contributed by atoms with Gasteiger partial charge in [0.05, 0.1) is 22.4 Å². The van der Waals surface area contributed by atoms with E-state index in [9.17, 15) is 37.7 Å². The summed E-state index contributed by atoms with van der Waals surface area (Å²) >= 11 is 0. The Morgan fingerprint density at radius 2 is 1.91 bits per heavy atom. The van der Waals surface area contributed by atoms with Crippen LogP contribution in [0.2, 0.25) is 0 Å². The van der Waals surface area contributed by atoms with Gasteiger partial charge in [-0.1, -0.05) is 13.8 Å². The number of benzene rings is 1. The van der Waals surface area contributed by atoms with Crippen molar-refractivity contribution in [3.63, 3.8) is 0 Å². The van der Waals surface area contributed by atoms with Crippen LogP contribution in [0, 0.1) is 16.0 Å². The van der Waals surface area contributed by atoms with E-state index in [1.165, 1.54) is 18.4 Å². The molecule has 1 heterocycles. The number of hydrogen-bond acceptors (Lipinski definition) is 7. The highest BCUT2D eigenvalue weighted by Crippen LogP contribution is 2.37. The average molecular weight is 457 g/mol. The summed E-state index contributed by atoms with van der Waals surface area (Å²) in [6.07, 6.45) is -3.72. The maximum Gasteiger partial charge on any atom is 0.418 e. The molecule has 2 N–H and O–H groups in total. The first-order valence-corrected chi connectivity index (χ1v) is 9.06. The molecule has 0 saturated carbocycles. The molecular weight excluding hydrogens is 439 g/mol. The Bertz CT molecular complexity index is 1000. The van der Waals surface area contributed by atoms with Crippen LogP contribution in [-0.4, -0.2) is 35.4 Å². The molecule has 0 saturated heterocycles. The normalized spacial score (nSPS) is 12.2. The zero-order chi connectivity index (χ0) is 24.1. The van der Waals surface area contributed by atoms with Gasteiger partial charge in [-0.25, -0.2) is 4.79 Å². The molecule has 0 bridgehead atoms. The van der Waals surface area contributed by atoms with Crippen LogP contribution in [0.5, 0.6) is 0 Å². The van der Waals surface area contributed by atoms with Crippen LogP contribution in [-0.2, 0) is 20.5 Å². The number of nitrogens with one attached hydrogen (secondary N) is 2. The number of nitro benzene ring substituents is 1. The van der Waals surface area contributed by atoms with Crippen molar-refractivity contribution in [2.45, 2.75) is 26.1 Å². The van der Waals surface area contributed by atoms with E-state index in [4.69, 9.17) is 9.15 Å². The standard InChI is InChI=1S/C19H18F3N3O7/c1-10(2)16(24-17(27)14-4-3-7-31-14)18(28)32-9-15(26)23-13-6-5-11(25(29)30)8-12(13)19(20,21)22/h3-8,10,16H,9H2,1-2H3,(H,23,26)(H,24,27). The van der Waals surface area contributed by atoms with Crippen LogP contribution in [0.25, 0.3) is 0 Å². The third-order valence-corrected chi connectivity index (χ3v) is 4.09. The van der Waals surface area contributed by atoms with Crippen LogP contribution < -0.4 is 10.6 Å². The Labute approximate surface area is 178 Å². The molecule has 1 atom stereocenters. The smallest absolute Gasteiger partial charge is 0.418 e. The van der Waals surface area contributed by atoms with Gasteiger partial charge in [0.2, 0.25) is 0 Å². The summed E-state index contributed by atoms with van der Waals surface area (Å²) in [5.74, 6) is -3.31. The van der Waals surface area contributed by atoms with E-state index >= 15 is 0 Å². The van der Waals surface area contributed by atoms with Gasteiger partial charge in [-0.05, 0) is 24.1 Å². The molecule has 2 amide bonds. The van der Waals surface area contributed by atoms with Crippen molar-refractivity contribution in [1.29, 1.82) is 0 Å². The van der Waals surface area contributed by atoms with Gasteiger partial charge in [-0.3, -0.25) is 19.7 Å². The molecule has 0 fully saturated rings. The van der Waals surface area contributed by atoms with Crippen molar-refractivity contribution in [3.8, 4) is 0 Å². The first kappa shape index (κ1) is 24.4. The molecule has 0 aliphatic rings. The maximum atomic E-state index is 13.2. The third kappa shape index (κ3) is 6.30. The topological polar surface area (TPSA) is 141 Å². The lowest BCUT2D eigenvalue weighted by Gasteiger charge is -2.20. The van der Waals surface area contributed by atoms with Crippen LogP contribution in [0.3, 0.4) is 0 Å². The highest BCUT2D eigenvalue weighted by atomic mass is 19.4. The third-order valence-electron chi connectivity index (χ3n) is 4.09. The van der Waals surface area contributed by atoms with Crippen molar-refractivity contribution in [2.75, 3.05) is 11.9 Å². The molecular formula is C19H18F3N3O7. The van der Waals surface area contributed by atoms with Crippen molar-refractivity contribution >= 4 is 29.2 Å². The number of nitrogens with zero attached hydrogens (tertiary/aromatic N) is 1. The molecule has 0 aliphatic carbocycles. The first-order valence-electron chi connectivity index (χ1n) is 9.06. The molecule has 32 heavy (non-hydrogen) atoms. The van der Waals surface area contributed by atoms with E-state index in [0.29, 0.717) is 0 Å². The average Bonchev–Trinajstić information content (AvgIpc) is 3.24. The van der Waals surface area contributed by atoms with Crippen LogP contribution in [0.1, 0.15) is 30.0 Å². The van der Waals surface area contributed by atoms with E-state index in [-0.39, 0.29) is 11.8 Å². The number of non-ortho nitro benzene ring substituents is 1. The lowest BCUT2D eigenvalue weighted by molar-refractivity contribution is -0.385. The lowest BCUT2D eigenvalue weighted by atomic mass is 10.0. The zero-order valence-electron chi connectivity index (χ0n) is 16.8. The predicted molar refractivity (Wildman–Crippen MR) is 102 cm³/mol. The van der Waals surface area contributed by atoms with Crippen molar-refractivity contribution in [3.05, 3.63) is 58.0 Å². The molecule has 0 radical (unpaired) electrons. The van der Waals surface area contributed by atoms with E-state index in [0.717, 1.165) is 12.1 Å². The number of hydrogen-bond donors (Lipinski definition) is 2. The SMILES string of the molecule is CC(C)C(NC(=O)c1ccco1)C(=O)OCC(=O)Nc1ccc([N+](=O)[O-])cc1C(F)(F)F. The molecule has 1 aromatic carbocycles. The van der Waals surface area contributed by atoms with Gasteiger partial charge in [0, 0.05) is 12.1 Å². The van der Waals surface area contributed by atoms with Crippen molar-refractivity contribution < 1.29 is 41.6 Å². The molecule has 13 heteroatoms. The number of nitro groups is 1. The van der Waals surface area contributed by atoms with Crippen LogP contribution in [0.15, 0.2) is 41.0 Å². The molecule has 2 aromatic rings. The van der Waals surface area contributed by atoms with Gasteiger partial charge < -0.3 is 19.8 Å². The van der Waals surface area contributed by atoms with E-state index in [1.54, 1.807) is 13.8 Å². The summed E-state index contributed by atoms with van der Waals surface area (Å²) in [5, 5.41) is 15.0. The second-order valence-corrected chi connectivity index (χ2v) is 6.81. The summed E-state index contributed by atoms with van der Waals surface area (Å²) < 4.78 is 49.3. The quantitative estimate of drug-likeness (QED) is 0.352. The zero-order valence-corrected chi connectivity index (χ0v) is 16.8. The molecule has 1 unspecified atom stereocenters. The molecule has 2 rings (SSSR count). The summed E-state index contributed by atoms with van der Waals surface area (Å²) in [5.41, 5.74) is -2.98. The fourth-order valence-corrected chi connectivity index (χ4v) is 2.52. The van der Waals surface area contributed by atoms with Crippen molar-refractivity contribution in [2.24, 2.45) is 5.92 Å². The van der Waals surface area contributed by atoms with Crippen LogP contribution >= 0.6 is 0 Å². The number of ether oxygens (including phenoxy) is 1. The monoisotopic (exact) mass is 457 g/mol. The number of esters is 1. The lowest BCUT2D eigenvalue weighted by Crippen LogP contribution is -2.45. The Morgan fingerprint density at radius 3 is 2.44 bits per heavy atom. The molecule has 0 spiro atoms. The molecule has 10 nitrogen and oxygen atoms in total. The summed E-state index contributed by atoms with van der Waals surface area (Å²) in [7, 11) is 0. The van der Waals surface area contributed by atoms with E-state index in [1.807, 2.05) is 5.32 Å². The largest absolute Gasteiger partial charge is 0.459 e. The fourth-order valence-electron chi connectivity index (χ4n) is 2.52. The number of amides is 2. The van der Waals surface area contributed by atoms with Gasteiger partial charge >= 0.3 is 12.1 Å². The second-order valence-electron chi connectivity index (χ2n) is 6.81. The minimum absolute atomic E-state index is 0.0564. The van der Waals surface area contributed by atoms with Gasteiger partial charge in [0.15, 0.2) is 12.4 Å². The summed E-state index contributed by atoms with van der Waals surface area (Å²) in [4.78, 5) is 46.1.